The van der Waals surface area contributed by atoms with E-state index in [1.807, 2.05) is 30.1 Å². The molecule has 0 aliphatic rings. The van der Waals surface area contributed by atoms with E-state index in [4.69, 9.17) is 0 Å². The van der Waals surface area contributed by atoms with Gasteiger partial charge in [0.15, 0.2) is 0 Å². The second-order valence-electron chi connectivity index (χ2n) is 4.29. The Morgan fingerprint density at radius 1 is 1.28 bits per heavy atom. The molecular weight excluding hydrogens is 290 g/mol. The standard InChI is InChI=1S/C14H18BrN3/c1-3-4-14-11(9-16-2)10-17-18(14)13-7-5-12(15)6-8-13/h5-8,10,16H,3-4,9H2,1-2H3. The summed E-state index contributed by atoms with van der Waals surface area (Å²) < 4.78 is 3.13. The molecule has 4 heteroatoms. The fourth-order valence-corrected chi connectivity index (χ4v) is 2.32. The predicted molar refractivity (Wildman–Crippen MR) is 78.0 cm³/mol. The van der Waals surface area contributed by atoms with Crippen molar-refractivity contribution in [2.24, 2.45) is 0 Å². The molecule has 0 fully saturated rings. The van der Waals surface area contributed by atoms with E-state index in [9.17, 15) is 0 Å². The van der Waals surface area contributed by atoms with Gasteiger partial charge in [0.1, 0.15) is 0 Å². The number of benzene rings is 1. The number of rotatable bonds is 5. The molecule has 1 aromatic heterocycles. The lowest BCUT2D eigenvalue weighted by Crippen LogP contribution is -2.09. The van der Waals surface area contributed by atoms with Gasteiger partial charge in [0.05, 0.1) is 11.9 Å². The molecule has 18 heavy (non-hydrogen) atoms. The topological polar surface area (TPSA) is 29.9 Å². The quantitative estimate of drug-likeness (QED) is 0.918. The highest BCUT2D eigenvalue weighted by Crippen LogP contribution is 2.19. The van der Waals surface area contributed by atoms with Crippen molar-refractivity contribution < 1.29 is 0 Å². The first-order valence-corrected chi connectivity index (χ1v) is 7.02. The lowest BCUT2D eigenvalue weighted by Gasteiger charge is -2.09. The van der Waals surface area contributed by atoms with E-state index in [0.29, 0.717) is 0 Å². The highest BCUT2D eigenvalue weighted by atomic mass is 79.9. The van der Waals surface area contributed by atoms with E-state index in [1.165, 1.54) is 11.3 Å². The number of nitrogens with zero attached hydrogens (tertiary/aromatic N) is 2. The first kappa shape index (κ1) is 13.3. The molecule has 0 unspecified atom stereocenters. The van der Waals surface area contributed by atoms with Crippen LogP contribution in [0.15, 0.2) is 34.9 Å². The van der Waals surface area contributed by atoms with Crippen LogP contribution < -0.4 is 5.32 Å². The van der Waals surface area contributed by atoms with E-state index in [1.54, 1.807) is 0 Å². The molecule has 0 amide bonds. The van der Waals surface area contributed by atoms with Crippen molar-refractivity contribution in [1.82, 2.24) is 15.1 Å². The summed E-state index contributed by atoms with van der Waals surface area (Å²) in [6, 6.07) is 8.26. The largest absolute Gasteiger partial charge is 0.316 e. The van der Waals surface area contributed by atoms with Crippen LogP contribution in [0.1, 0.15) is 24.6 Å². The van der Waals surface area contributed by atoms with Gasteiger partial charge in [0.25, 0.3) is 0 Å². The number of hydrogen-bond donors (Lipinski definition) is 1. The monoisotopic (exact) mass is 307 g/mol. The Bertz CT molecular complexity index is 502. The summed E-state index contributed by atoms with van der Waals surface area (Å²) in [4.78, 5) is 0. The van der Waals surface area contributed by atoms with Crippen molar-refractivity contribution in [2.45, 2.75) is 26.3 Å². The van der Waals surface area contributed by atoms with Gasteiger partial charge >= 0.3 is 0 Å². The molecule has 3 nitrogen and oxygen atoms in total. The van der Waals surface area contributed by atoms with Crippen LogP contribution in [-0.4, -0.2) is 16.8 Å². The third kappa shape index (κ3) is 2.82. The second-order valence-corrected chi connectivity index (χ2v) is 5.20. The minimum atomic E-state index is 0.867. The lowest BCUT2D eigenvalue weighted by molar-refractivity contribution is 0.750. The summed E-state index contributed by atoms with van der Waals surface area (Å²) in [5.74, 6) is 0. The molecule has 0 spiro atoms. The van der Waals surface area contributed by atoms with Crippen molar-refractivity contribution in [3.8, 4) is 5.69 Å². The average Bonchev–Trinajstić information content (AvgIpc) is 2.75. The van der Waals surface area contributed by atoms with Gasteiger partial charge < -0.3 is 5.32 Å². The van der Waals surface area contributed by atoms with Crippen molar-refractivity contribution in [3.63, 3.8) is 0 Å². The van der Waals surface area contributed by atoms with Crippen LogP contribution in [-0.2, 0) is 13.0 Å². The smallest absolute Gasteiger partial charge is 0.0649 e. The first-order valence-electron chi connectivity index (χ1n) is 6.22. The van der Waals surface area contributed by atoms with Crippen molar-refractivity contribution in [3.05, 3.63) is 46.2 Å². The van der Waals surface area contributed by atoms with E-state index in [-0.39, 0.29) is 0 Å². The van der Waals surface area contributed by atoms with E-state index in [0.717, 1.165) is 29.5 Å². The molecule has 0 saturated carbocycles. The van der Waals surface area contributed by atoms with Gasteiger partial charge in [0, 0.05) is 22.3 Å². The molecule has 96 valence electrons. The molecule has 1 N–H and O–H groups in total. The van der Waals surface area contributed by atoms with Crippen LogP contribution >= 0.6 is 15.9 Å². The molecule has 0 saturated heterocycles. The molecule has 0 atom stereocenters. The van der Waals surface area contributed by atoms with Gasteiger partial charge in [-0.1, -0.05) is 29.3 Å². The normalized spacial score (nSPS) is 10.8. The molecule has 2 rings (SSSR count). The minimum absolute atomic E-state index is 0.867. The zero-order valence-electron chi connectivity index (χ0n) is 10.8. The summed E-state index contributed by atoms with van der Waals surface area (Å²) in [6.07, 6.45) is 4.13. The summed E-state index contributed by atoms with van der Waals surface area (Å²) >= 11 is 3.46. The Morgan fingerprint density at radius 2 is 2.00 bits per heavy atom. The summed E-state index contributed by atoms with van der Waals surface area (Å²) in [5.41, 5.74) is 3.69. The minimum Gasteiger partial charge on any atom is -0.316 e. The summed E-state index contributed by atoms with van der Waals surface area (Å²) in [6.45, 7) is 3.06. The van der Waals surface area contributed by atoms with Crippen molar-refractivity contribution in [1.29, 1.82) is 0 Å². The molecule has 0 bridgehead atoms. The van der Waals surface area contributed by atoms with Crippen LogP contribution in [0.25, 0.3) is 5.69 Å². The summed E-state index contributed by atoms with van der Waals surface area (Å²) in [7, 11) is 1.96. The number of aromatic nitrogens is 2. The van der Waals surface area contributed by atoms with Crippen LogP contribution in [0.4, 0.5) is 0 Å². The second kappa shape index (κ2) is 6.16. The zero-order valence-corrected chi connectivity index (χ0v) is 12.4. The molecule has 0 aliphatic carbocycles. The Morgan fingerprint density at radius 3 is 2.61 bits per heavy atom. The van der Waals surface area contributed by atoms with Gasteiger partial charge in [-0.3, -0.25) is 0 Å². The molecule has 0 radical (unpaired) electrons. The van der Waals surface area contributed by atoms with Gasteiger partial charge in [-0.2, -0.15) is 5.10 Å². The summed E-state index contributed by atoms with van der Waals surface area (Å²) in [5, 5.41) is 7.71. The first-order chi connectivity index (χ1) is 8.76. The van der Waals surface area contributed by atoms with Gasteiger partial charge in [0.2, 0.25) is 0 Å². The molecule has 1 aromatic carbocycles. The van der Waals surface area contributed by atoms with Crippen molar-refractivity contribution >= 4 is 15.9 Å². The molecule has 0 aliphatic heterocycles. The van der Waals surface area contributed by atoms with Crippen LogP contribution in [0, 0.1) is 0 Å². The Hall–Kier alpha value is -1.13. The third-order valence-corrected chi connectivity index (χ3v) is 3.41. The SMILES string of the molecule is CCCc1c(CNC)cnn1-c1ccc(Br)cc1. The third-order valence-electron chi connectivity index (χ3n) is 2.88. The van der Waals surface area contributed by atoms with Crippen LogP contribution in [0.5, 0.6) is 0 Å². The molecular formula is C14H18BrN3. The van der Waals surface area contributed by atoms with Gasteiger partial charge in [-0.15, -0.1) is 0 Å². The number of hydrogen-bond acceptors (Lipinski definition) is 2. The highest BCUT2D eigenvalue weighted by Gasteiger charge is 2.10. The van der Waals surface area contributed by atoms with Gasteiger partial charge in [-0.05, 0) is 37.7 Å². The predicted octanol–water partition coefficient (Wildman–Crippen LogP) is 3.31. The number of halogens is 1. The lowest BCUT2D eigenvalue weighted by atomic mass is 10.1. The van der Waals surface area contributed by atoms with Gasteiger partial charge in [-0.25, -0.2) is 4.68 Å². The zero-order chi connectivity index (χ0) is 13.0. The molecule has 1 heterocycles. The maximum atomic E-state index is 4.51. The Balaban J connectivity index is 2.40. The van der Waals surface area contributed by atoms with E-state index >= 15 is 0 Å². The Kier molecular flexibility index (Phi) is 4.55. The highest BCUT2D eigenvalue weighted by molar-refractivity contribution is 9.10. The number of nitrogens with one attached hydrogen (secondary N) is 1. The molecule has 2 aromatic rings. The Labute approximate surface area is 116 Å². The van der Waals surface area contributed by atoms with Crippen LogP contribution in [0.2, 0.25) is 0 Å². The van der Waals surface area contributed by atoms with E-state index < -0.39 is 0 Å². The maximum Gasteiger partial charge on any atom is 0.0649 e. The van der Waals surface area contributed by atoms with E-state index in [2.05, 4.69) is 45.4 Å². The van der Waals surface area contributed by atoms with Crippen molar-refractivity contribution in [2.75, 3.05) is 7.05 Å². The maximum absolute atomic E-state index is 4.51. The van der Waals surface area contributed by atoms with Crippen LogP contribution in [0.3, 0.4) is 0 Å². The average molecular weight is 308 g/mol. The fraction of sp³-hybridized carbons (Fsp3) is 0.357. The fourth-order valence-electron chi connectivity index (χ4n) is 2.05.